The minimum Gasteiger partial charge on any atom is -0.493 e. The summed E-state index contributed by atoms with van der Waals surface area (Å²) in [5, 5.41) is 5.13. The highest BCUT2D eigenvalue weighted by atomic mass is 16.5. The number of nitrogens with one attached hydrogen (secondary N) is 1. The lowest BCUT2D eigenvalue weighted by atomic mass is 10.1. The molecule has 0 fully saturated rings. The largest absolute Gasteiger partial charge is 0.493 e. The van der Waals surface area contributed by atoms with Gasteiger partial charge in [0, 0.05) is 11.9 Å². The van der Waals surface area contributed by atoms with Gasteiger partial charge in [0.25, 0.3) is 5.91 Å². The van der Waals surface area contributed by atoms with E-state index >= 15 is 0 Å². The van der Waals surface area contributed by atoms with Crippen LogP contribution >= 0.6 is 0 Å². The maximum Gasteiger partial charge on any atom is 0.261 e. The van der Waals surface area contributed by atoms with Crippen LogP contribution < -0.4 is 19.5 Å². The molecule has 0 radical (unpaired) electrons. The van der Waals surface area contributed by atoms with E-state index in [2.05, 4.69) is 5.32 Å². The van der Waals surface area contributed by atoms with Crippen molar-refractivity contribution in [2.24, 2.45) is 0 Å². The Balaban J connectivity index is 1.52. The van der Waals surface area contributed by atoms with Crippen LogP contribution in [0.4, 0.5) is 0 Å². The molecule has 164 valence electrons. The second-order valence-electron chi connectivity index (χ2n) is 7.30. The van der Waals surface area contributed by atoms with E-state index < -0.39 is 6.10 Å². The fourth-order valence-corrected chi connectivity index (χ4v) is 3.53. The molecule has 1 N–H and O–H groups in total. The third kappa shape index (κ3) is 5.91. The van der Waals surface area contributed by atoms with Gasteiger partial charge in [-0.25, -0.2) is 0 Å². The zero-order valence-corrected chi connectivity index (χ0v) is 18.5. The Morgan fingerprint density at radius 3 is 2.55 bits per heavy atom. The van der Waals surface area contributed by atoms with E-state index in [9.17, 15) is 4.79 Å². The first kappa shape index (κ1) is 22.5. The first-order valence-electron chi connectivity index (χ1n) is 10.9. The second-order valence-corrected chi connectivity index (χ2v) is 7.30. The van der Waals surface area contributed by atoms with Gasteiger partial charge in [-0.3, -0.25) is 4.79 Å². The molecule has 0 aromatic heterocycles. The molecule has 0 saturated heterocycles. The Morgan fingerprint density at radius 2 is 1.77 bits per heavy atom. The number of hydrogen-bond acceptors (Lipinski definition) is 4. The van der Waals surface area contributed by atoms with E-state index in [1.807, 2.05) is 74.5 Å². The average Bonchev–Trinajstić information content (AvgIpc) is 2.81. The Bertz CT molecular complexity index is 996. The average molecular weight is 422 g/mol. The fraction of sp³-hybridized carbons (Fsp3) is 0.346. The van der Waals surface area contributed by atoms with Crippen LogP contribution in [0.5, 0.6) is 17.2 Å². The summed E-state index contributed by atoms with van der Waals surface area (Å²) < 4.78 is 17.0. The van der Waals surface area contributed by atoms with E-state index in [1.165, 1.54) is 0 Å². The molecule has 0 heterocycles. The van der Waals surface area contributed by atoms with E-state index in [0.717, 1.165) is 46.4 Å². The molecular weight excluding hydrogens is 390 g/mol. The maximum atomic E-state index is 12.7. The molecule has 0 saturated carbocycles. The lowest BCUT2D eigenvalue weighted by Crippen LogP contribution is -2.38. The summed E-state index contributed by atoms with van der Waals surface area (Å²) in [4.78, 5) is 12.7. The van der Waals surface area contributed by atoms with Crippen molar-refractivity contribution in [1.82, 2.24) is 5.32 Å². The lowest BCUT2D eigenvalue weighted by Gasteiger charge is -2.18. The smallest absolute Gasteiger partial charge is 0.261 e. The van der Waals surface area contributed by atoms with Crippen molar-refractivity contribution >= 4 is 16.7 Å². The molecule has 0 aliphatic carbocycles. The van der Waals surface area contributed by atoms with E-state index in [-0.39, 0.29) is 5.91 Å². The highest BCUT2D eigenvalue weighted by Crippen LogP contribution is 2.29. The van der Waals surface area contributed by atoms with Crippen LogP contribution in [-0.2, 0) is 11.2 Å². The Kier molecular flexibility index (Phi) is 8.16. The molecule has 3 aromatic rings. The summed E-state index contributed by atoms with van der Waals surface area (Å²) in [6, 6.07) is 19.9. The number of rotatable bonds is 11. The zero-order chi connectivity index (χ0) is 22.1. The lowest BCUT2D eigenvalue weighted by molar-refractivity contribution is -0.128. The summed E-state index contributed by atoms with van der Waals surface area (Å²) in [5.41, 5.74) is 1.15. The molecule has 1 atom stereocenters. The fourth-order valence-electron chi connectivity index (χ4n) is 3.53. The summed E-state index contributed by atoms with van der Waals surface area (Å²) in [7, 11) is 1.64. The number of carbonyl (C=O) groups excluding carboxylic acids is 1. The normalized spacial score (nSPS) is 11.7. The predicted molar refractivity (Wildman–Crippen MR) is 124 cm³/mol. The third-order valence-corrected chi connectivity index (χ3v) is 5.15. The van der Waals surface area contributed by atoms with Crippen LogP contribution in [0.15, 0.2) is 60.7 Å². The van der Waals surface area contributed by atoms with Crippen LogP contribution in [0, 0.1) is 0 Å². The van der Waals surface area contributed by atoms with Crippen molar-refractivity contribution in [2.45, 2.75) is 39.2 Å². The van der Waals surface area contributed by atoms with Gasteiger partial charge in [-0.05, 0) is 55.3 Å². The number of hydrogen-bond donors (Lipinski definition) is 1. The van der Waals surface area contributed by atoms with E-state index in [1.54, 1.807) is 7.11 Å². The SMILES string of the molecule is CCOc1ccc(CCCNC(=O)[C@H](CC)Oc2cccc3ccccc23)cc1OC. The number of benzene rings is 3. The van der Waals surface area contributed by atoms with Crippen molar-refractivity contribution in [1.29, 1.82) is 0 Å². The number of amides is 1. The van der Waals surface area contributed by atoms with Gasteiger partial charge in [-0.2, -0.15) is 0 Å². The second kappa shape index (κ2) is 11.3. The van der Waals surface area contributed by atoms with E-state index in [0.29, 0.717) is 19.6 Å². The summed E-state index contributed by atoms with van der Waals surface area (Å²) in [6.45, 7) is 5.09. The van der Waals surface area contributed by atoms with Gasteiger partial charge in [-0.1, -0.05) is 49.4 Å². The number of fused-ring (bicyclic) bond motifs is 1. The minimum atomic E-state index is -0.517. The Labute approximate surface area is 184 Å². The molecule has 0 bridgehead atoms. The van der Waals surface area contributed by atoms with E-state index in [4.69, 9.17) is 14.2 Å². The first-order chi connectivity index (χ1) is 15.2. The van der Waals surface area contributed by atoms with Crippen molar-refractivity contribution in [3.8, 4) is 17.2 Å². The van der Waals surface area contributed by atoms with Gasteiger partial charge >= 0.3 is 0 Å². The quantitative estimate of drug-likeness (QED) is 0.435. The molecule has 0 aliphatic rings. The monoisotopic (exact) mass is 421 g/mol. The molecule has 31 heavy (non-hydrogen) atoms. The first-order valence-corrected chi connectivity index (χ1v) is 10.9. The highest BCUT2D eigenvalue weighted by Gasteiger charge is 2.18. The maximum absolute atomic E-state index is 12.7. The van der Waals surface area contributed by atoms with Gasteiger partial charge in [0.15, 0.2) is 17.6 Å². The van der Waals surface area contributed by atoms with Crippen molar-refractivity contribution < 1.29 is 19.0 Å². The summed E-state index contributed by atoms with van der Waals surface area (Å²) in [5.74, 6) is 2.14. The van der Waals surface area contributed by atoms with Crippen molar-refractivity contribution in [3.05, 3.63) is 66.2 Å². The summed E-state index contributed by atoms with van der Waals surface area (Å²) in [6.07, 6.45) is 1.75. The van der Waals surface area contributed by atoms with Crippen LogP contribution in [-0.4, -0.2) is 32.3 Å². The molecule has 3 aromatic carbocycles. The highest BCUT2D eigenvalue weighted by molar-refractivity contribution is 5.89. The van der Waals surface area contributed by atoms with Gasteiger partial charge in [-0.15, -0.1) is 0 Å². The third-order valence-electron chi connectivity index (χ3n) is 5.15. The van der Waals surface area contributed by atoms with Gasteiger partial charge < -0.3 is 19.5 Å². The molecule has 0 aliphatic heterocycles. The number of ether oxygens (including phenoxy) is 3. The molecule has 3 rings (SSSR count). The minimum absolute atomic E-state index is 0.0836. The Morgan fingerprint density at radius 1 is 0.968 bits per heavy atom. The topological polar surface area (TPSA) is 56.8 Å². The Hall–Kier alpha value is -3.21. The zero-order valence-electron chi connectivity index (χ0n) is 18.5. The van der Waals surface area contributed by atoms with Crippen molar-refractivity contribution in [3.63, 3.8) is 0 Å². The van der Waals surface area contributed by atoms with Gasteiger partial charge in [0.05, 0.1) is 13.7 Å². The molecule has 5 nitrogen and oxygen atoms in total. The van der Waals surface area contributed by atoms with Crippen molar-refractivity contribution in [2.75, 3.05) is 20.3 Å². The van der Waals surface area contributed by atoms with Crippen LogP contribution in [0.1, 0.15) is 32.3 Å². The van der Waals surface area contributed by atoms with Crippen LogP contribution in [0.2, 0.25) is 0 Å². The standard InChI is InChI=1S/C26H31NO4/c1-4-22(31-23-14-8-12-20-11-6-7-13-21(20)23)26(28)27-17-9-10-19-15-16-24(30-5-2)25(18-19)29-3/h6-8,11-16,18,22H,4-5,9-10,17H2,1-3H3,(H,27,28)/t22-/m0/s1. The number of carbonyl (C=O) groups is 1. The molecule has 1 amide bonds. The molecular formula is C26H31NO4. The number of aryl methyl sites for hydroxylation is 1. The van der Waals surface area contributed by atoms with Crippen LogP contribution in [0.3, 0.4) is 0 Å². The number of methoxy groups -OCH3 is 1. The predicted octanol–water partition coefficient (Wildman–Crippen LogP) is 5.15. The molecule has 5 heteroatoms. The van der Waals surface area contributed by atoms with Crippen LogP contribution in [0.25, 0.3) is 10.8 Å². The van der Waals surface area contributed by atoms with Gasteiger partial charge in [0.1, 0.15) is 5.75 Å². The molecule has 0 spiro atoms. The summed E-state index contributed by atoms with van der Waals surface area (Å²) >= 11 is 0. The van der Waals surface area contributed by atoms with Gasteiger partial charge in [0.2, 0.25) is 0 Å². The molecule has 0 unspecified atom stereocenters.